The summed E-state index contributed by atoms with van der Waals surface area (Å²) in [4.78, 5) is 0. The lowest BCUT2D eigenvalue weighted by molar-refractivity contribution is -0.0859. The van der Waals surface area contributed by atoms with Gasteiger partial charge in [-0.1, -0.05) is 39.0 Å². The van der Waals surface area contributed by atoms with Gasteiger partial charge in [0, 0.05) is 0 Å². The lowest BCUT2D eigenvalue weighted by atomic mass is 10.2. The quantitative estimate of drug-likeness (QED) is 0.659. The second-order valence-electron chi connectivity index (χ2n) is 6.42. The molecule has 108 valence electrons. The van der Waals surface area contributed by atoms with Crippen LogP contribution in [0, 0.1) is 0 Å². The van der Waals surface area contributed by atoms with Crippen LogP contribution in [0.2, 0.25) is 18.1 Å². The van der Waals surface area contributed by atoms with Gasteiger partial charge in [0.15, 0.2) is 8.32 Å². The minimum atomic E-state index is -1.97. The van der Waals surface area contributed by atoms with E-state index < -0.39 is 20.7 Å². The van der Waals surface area contributed by atoms with Gasteiger partial charge in [-0.05, 0) is 37.2 Å². The maximum Gasteiger partial charge on any atom is 0.216 e. The number of aliphatic hydroxyl groups excluding tert-OH is 1. The van der Waals surface area contributed by atoms with Crippen molar-refractivity contribution in [2.24, 2.45) is 0 Å². The fraction of sp³-hybridized carbons (Fsp3) is 0.600. The number of benzene rings is 1. The van der Waals surface area contributed by atoms with Crippen molar-refractivity contribution in [3.05, 3.63) is 30.3 Å². The Kier molecular flexibility index (Phi) is 5.18. The number of rotatable bonds is 5. The molecule has 3 nitrogen and oxygen atoms in total. The highest BCUT2D eigenvalue weighted by molar-refractivity contribution is 6.74. The number of para-hydroxylation sites is 1. The summed E-state index contributed by atoms with van der Waals surface area (Å²) in [5.41, 5.74) is 0. The van der Waals surface area contributed by atoms with E-state index in [4.69, 9.17) is 9.16 Å². The van der Waals surface area contributed by atoms with Crippen LogP contribution in [0.3, 0.4) is 0 Å². The van der Waals surface area contributed by atoms with E-state index in [9.17, 15) is 5.11 Å². The van der Waals surface area contributed by atoms with E-state index in [-0.39, 0.29) is 5.04 Å². The molecule has 0 aliphatic carbocycles. The van der Waals surface area contributed by atoms with Crippen LogP contribution >= 0.6 is 0 Å². The largest absolute Gasteiger partial charge is 0.463 e. The zero-order valence-electron chi connectivity index (χ0n) is 12.8. The average molecular weight is 282 g/mol. The Morgan fingerprint density at radius 1 is 1.11 bits per heavy atom. The van der Waals surface area contributed by atoms with Crippen LogP contribution in [0.25, 0.3) is 0 Å². The Morgan fingerprint density at radius 3 is 2.05 bits per heavy atom. The summed E-state index contributed by atoms with van der Waals surface area (Å²) in [6.07, 6.45) is -1.29. The first-order valence-electron chi connectivity index (χ1n) is 6.71. The SMILES string of the molecule is CC(O)C(Oc1ccccc1)O[Si](C)(C)C(C)(C)C. The van der Waals surface area contributed by atoms with Gasteiger partial charge in [0.1, 0.15) is 11.9 Å². The molecule has 2 unspecified atom stereocenters. The summed E-state index contributed by atoms with van der Waals surface area (Å²) in [7, 11) is -1.97. The second-order valence-corrected chi connectivity index (χ2v) is 11.2. The van der Waals surface area contributed by atoms with Crippen LogP contribution < -0.4 is 4.74 Å². The van der Waals surface area contributed by atoms with Gasteiger partial charge >= 0.3 is 0 Å². The molecular weight excluding hydrogens is 256 g/mol. The smallest absolute Gasteiger partial charge is 0.216 e. The first-order valence-corrected chi connectivity index (χ1v) is 9.62. The van der Waals surface area contributed by atoms with Crippen molar-refractivity contribution >= 4 is 8.32 Å². The van der Waals surface area contributed by atoms with Crippen LogP contribution in [0.1, 0.15) is 27.7 Å². The highest BCUT2D eigenvalue weighted by Gasteiger charge is 2.40. The molecule has 0 aliphatic heterocycles. The van der Waals surface area contributed by atoms with Gasteiger partial charge in [0.25, 0.3) is 0 Å². The predicted molar refractivity (Wildman–Crippen MR) is 80.8 cm³/mol. The summed E-state index contributed by atoms with van der Waals surface area (Å²) >= 11 is 0. The fourth-order valence-electron chi connectivity index (χ4n) is 1.32. The van der Waals surface area contributed by atoms with Crippen molar-refractivity contribution in [1.29, 1.82) is 0 Å². The van der Waals surface area contributed by atoms with Crippen molar-refractivity contribution in [2.75, 3.05) is 0 Å². The molecule has 0 saturated heterocycles. The van der Waals surface area contributed by atoms with E-state index in [1.807, 2.05) is 30.3 Å². The highest BCUT2D eigenvalue weighted by Crippen LogP contribution is 2.37. The fourth-order valence-corrected chi connectivity index (χ4v) is 2.50. The molecule has 0 saturated carbocycles. The molecule has 19 heavy (non-hydrogen) atoms. The molecule has 0 radical (unpaired) electrons. The monoisotopic (exact) mass is 282 g/mol. The summed E-state index contributed by atoms with van der Waals surface area (Å²) in [5.74, 6) is 0.715. The van der Waals surface area contributed by atoms with Gasteiger partial charge in [-0.15, -0.1) is 0 Å². The van der Waals surface area contributed by atoms with E-state index in [2.05, 4.69) is 33.9 Å². The number of hydrogen-bond acceptors (Lipinski definition) is 3. The number of aliphatic hydroxyl groups is 1. The summed E-state index contributed by atoms with van der Waals surface area (Å²) in [6.45, 7) is 12.5. The van der Waals surface area contributed by atoms with Gasteiger partial charge in [0.2, 0.25) is 6.29 Å². The second kappa shape index (κ2) is 6.07. The van der Waals surface area contributed by atoms with Gasteiger partial charge in [-0.3, -0.25) is 0 Å². The summed E-state index contributed by atoms with van der Waals surface area (Å²) in [6, 6.07) is 9.47. The van der Waals surface area contributed by atoms with Crippen molar-refractivity contribution < 1.29 is 14.3 Å². The molecule has 0 amide bonds. The van der Waals surface area contributed by atoms with Gasteiger partial charge < -0.3 is 14.3 Å². The van der Waals surface area contributed by atoms with Crippen LogP contribution in [0.4, 0.5) is 0 Å². The third-order valence-electron chi connectivity index (χ3n) is 3.61. The Hall–Kier alpha value is -0.843. The van der Waals surface area contributed by atoms with Crippen molar-refractivity contribution in [1.82, 2.24) is 0 Å². The maximum absolute atomic E-state index is 9.87. The number of hydrogen-bond donors (Lipinski definition) is 1. The lowest BCUT2D eigenvalue weighted by Crippen LogP contribution is -2.48. The number of ether oxygens (including phenoxy) is 1. The molecule has 0 spiro atoms. The molecule has 1 N–H and O–H groups in total. The maximum atomic E-state index is 9.87. The van der Waals surface area contributed by atoms with Crippen LogP contribution in [0.15, 0.2) is 30.3 Å². The molecule has 1 aromatic carbocycles. The Labute approximate surface area is 117 Å². The predicted octanol–water partition coefficient (Wildman–Crippen LogP) is 3.79. The molecule has 1 rings (SSSR count). The molecule has 2 atom stereocenters. The molecule has 0 aliphatic rings. The van der Waals surface area contributed by atoms with Gasteiger partial charge in [-0.2, -0.15) is 0 Å². The zero-order valence-corrected chi connectivity index (χ0v) is 13.8. The zero-order chi connectivity index (χ0) is 14.7. The van der Waals surface area contributed by atoms with Gasteiger partial charge in [0.05, 0.1) is 0 Å². The van der Waals surface area contributed by atoms with Gasteiger partial charge in [-0.25, -0.2) is 0 Å². The third-order valence-corrected chi connectivity index (χ3v) is 8.04. The van der Waals surface area contributed by atoms with Crippen molar-refractivity contribution in [3.8, 4) is 5.75 Å². The van der Waals surface area contributed by atoms with Crippen LogP contribution in [-0.2, 0) is 4.43 Å². The first-order chi connectivity index (χ1) is 8.63. The molecule has 0 heterocycles. The van der Waals surface area contributed by atoms with Crippen molar-refractivity contribution in [2.45, 2.75) is 58.2 Å². The average Bonchev–Trinajstić information content (AvgIpc) is 2.27. The Bertz CT molecular complexity index is 382. The summed E-state index contributed by atoms with van der Waals surface area (Å²) < 4.78 is 11.9. The summed E-state index contributed by atoms with van der Waals surface area (Å²) in [5, 5.41) is 9.96. The van der Waals surface area contributed by atoms with Crippen LogP contribution in [-0.4, -0.2) is 25.8 Å². The van der Waals surface area contributed by atoms with E-state index in [1.54, 1.807) is 6.92 Å². The lowest BCUT2D eigenvalue weighted by Gasteiger charge is -2.39. The Morgan fingerprint density at radius 2 is 1.63 bits per heavy atom. The topological polar surface area (TPSA) is 38.7 Å². The first kappa shape index (κ1) is 16.2. The van der Waals surface area contributed by atoms with E-state index in [0.29, 0.717) is 5.75 Å². The molecular formula is C15H26O3Si. The van der Waals surface area contributed by atoms with Crippen LogP contribution in [0.5, 0.6) is 5.75 Å². The molecule has 4 heteroatoms. The molecule has 0 bridgehead atoms. The normalized spacial score (nSPS) is 15.9. The van der Waals surface area contributed by atoms with E-state index >= 15 is 0 Å². The minimum absolute atomic E-state index is 0.0835. The van der Waals surface area contributed by atoms with Crippen molar-refractivity contribution in [3.63, 3.8) is 0 Å². The Balaban J connectivity index is 2.80. The molecule has 0 fully saturated rings. The standard InChI is InChI=1S/C15H26O3Si/c1-12(16)14(17-13-10-8-7-9-11-13)18-19(5,6)15(2,3)4/h7-12,14,16H,1-6H3. The van der Waals surface area contributed by atoms with E-state index in [0.717, 1.165) is 0 Å². The highest BCUT2D eigenvalue weighted by atomic mass is 28.4. The molecule has 0 aromatic heterocycles. The van der Waals surface area contributed by atoms with E-state index in [1.165, 1.54) is 0 Å². The third kappa shape index (κ3) is 4.64. The molecule has 1 aromatic rings. The minimum Gasteiger partial charge on any atom is -0.463 e.